The van der Waals surface area contributed by atoms with Gasteiger partial charge in [-0.3, -0.25) is 4.79 Å². The van der Waals surface area contributed by atoms with Crippen LogP contribution >= 0.6 is 27.3 Å². The van der Waals surface area contributed by atoms with Crippen molar-refractivity contribution < 1.29 is 9.18 Å². The molecule has 0 radical (unpaired) electrons. The monoisotopic (exact) mass is 343 g/mol. The lowest BCUT2D eigenvalue weighted by Crippen LogP contribution is -2.12. The molecule has 1 aromatic carbocycles. The van der Waals surface area contributed by atoms with Crippen LogP contribution in [0, 0.1) is 5.82 Å². The van der Waals surface area contributed by atoms with Crippen LogP contribution in [0.25, 0.3) is 0 Å². The van der Waals surface area contributed by atoms with Crippen LogP contribution in [-0.2, 0) is 6.42 Å². The maximum atomic E-state index is 13.1. The minimum atomic E-state index is -0.378. The molecule has 2 aromatic rings. The molecule has 19 heavy (non-hydrogen) atoms. The van der Waals surface area contributed by atoms with Crippen LogP contribution in [0.15, 0.2) is 28.1 Å². The number of halogens is 2. The van der Waals surface area contributed by atoms with Crippen LogP contribution in [-0.4, -0.2) is 17.4 Å². The molecule has 2 rings (SSSR count). The summed E-state index contributed by atoms with van der Waals surface area (Å²) < 4.78 is 13.4. The highest BCUT2D eigenvalue weighted by molar-refractivity contribution is 9.10. The number of nitrogens with one attached hydrogen (secondary N) is 1. The Balaban J connectivity index is 2.09. The first-order valence-electron chi connectivity index (χ1n) is 5.51. The summed E-state index contributed by atoms with van der Waals surface area (Å²) in [6.45, 7) is 0.499. The van der Waals surface area contributed by atoms with E-state index in [0.717, 1.165) is 5.01 Å². The zero-order valence-electron chi connectivity index (χ0n) is 9.82. The minimum Gasteiger partial charge on any atom is -0.330 e. The average Bonchev–Trinajstić information content (AvgIpc) is 2.83. The van der Waals surface area contributed by atoms with Crippen LogP contribution in [0.1, 0.15) is 15.5 Å². The topological polar surface area (TPSA) is 68.0 Å². The summed E-state index contributed by atoms with van der Waals surface area (Å²) in [5.74, 6) is -0.699. The van der Waals surface area contributed by atoms with E-state index < -0.39 is 0 Å². The maximum Gasteiger partial charge on any atom is 0.275 e. The Labute approximate surface area is 122 Å². The molecule has 0 aliphatic heterocycles. The number of benzene rings is 1. The molecule has 1 aromatic heterocycles. The summed E-state index contributed by atoms with van der Waals surface area (Å²) in [5.41, 5.74) is 6.27. The van der Waals surface area contributed by atoms with Gasteiger partial charge < -0.3 is 11.1 Å². The second kappa shape index (κ2) is 6.23. The van der Waals surface area contributed by atoms with Crippen molar-refractivity contribution >= 4 is 38.9 Å². The van der Waals surface area contributed by atoms with Crippen LogP contribution in [0.5, 0.6) is 0 Å². The maximum absolute atomic E-state index is 13.1. The quantitative estimate of drug-likeness (QED) is 0.896. The number of thiazole rings is 1. The standard InChI is InChI=1S/C12H11BrFN3OS/c13-8-5-7(1-2-9(8)14)16-12(18)10-6-19-11(17-10)3-4-15/h1-2,5-6H,3-4,15H2,(H,16,18). The number of hydrogen-bond acceptors (Lipinski definition) is 4. The summed E-state index contributed by atoms with van der Waals surface area (Å²) >= 11 is 4.46. The lowest BCUT2D eigenvalue weighted by Gasteiger charge is -2.04. The van der Waals surface area contributed by atoms with Gasteiger partial charge in [-0.25, -0.2) is 9.37 Å². The second-order valence-corrected chi connectivity index (χ2v) is 5.55. The molecular formula is C12H11BrFN3OS. The fourth-order valence-electron chi connectivity index (χ4n) is 1.42. The highest BCUT2D eigenvalue weighted by Crippen LogP contribution is 2.20. The van der Waals surface area contributed by atoms with Crippen molar-refractivity contribution in [2.75, 3.05) is 11.9 Å². The number of carbonyl (C=O) groups excluding carboxylic acids is 1. The van der Waals surface area contributed by atoms with Crippen LogP contribution in [0.2, 0.25) is 0 Å². The van der Waals surface area contributed by atoms with E-state index in [2.05, 4.69) is 26.2 Å². The number of carbonyl (C=O) groups is 1. The smallest absolute Gasteiger partial charge is 0.275 e. The van der Waals surface area contributed by atoms with Crippen molar-refractivity contribution in [1.82, 2.24) is 4.98 Å². The third-order valence-corrected chi connectivity index (χ3v) is 3.84. The molecule has 0 unspecified atom stereocenters. The molecule has 100 valence electrons. The highest BCUT2D eigenvalue weighted by Gasteiger charge is 2.11. The molecule has 0 aliphatic rings. The average molecular weight is 344 g/mol. The number of amides is 1. The number of aromatic nitrogens is 1. The Bertz CT molecular complexity index is 602. The van der Waals surface area contributed by atoms with E-state index in [1.165, 1.54) is 29.5 Å². The van der Waals surface area contributed by atoms with Gasteiger partial charge in [0.05, 0.1) is 9.48 Å². The van der Waals surface area contributed by atoms with E-state index in [9.17, 15) is 9.18 Å². The van der Waals surface area contributed by atoms with Gasteiger partial charge in [0, 0.05) is 17.5 Å². The number of anilines is 1. The first-order valence-corrected chi connectivity index (χ1v) is 7.18. The van der Waals surface area contributed by atoms with E-state index in [-0.39, 0.29) is 11.7 Å². The van der Waals surface area contributed by atoms with Crippen molar-refractivity contribution in [3.63, 3.8) is 0 Å². The van der Waals surface area contributed by atoms with Gasteiger partial charge in [0.2, 0.25) is 0 Å². The zero-order chi connectivity index (χ0) is 13.8. The molecule has 1 heterocycles. The molecule has 0 aliphatic carbocycles. The fourth-order valence-corrected chi connectivity index (χ4v) is 2.60. The van der Waals surface area contributed by atoms with Gasteiger partial charge in [-0.05, 0) is 40.7 Å². The predicted molar refractivity (Wildman–Crippen MR) is 76.9 cm³/mol. The lowest BCUT2D eigenvalue weighted by molar-refractivity contribution is 0.102. The van der Waals surface area contributed by atoms with Crippen molar-refractivity contribution in [3.8, 4) is 0 Å². The number of rotatable bonds is 4. The molecule has 0 saturated carbocycles. The molecule has 4 nitrogen and oxygen atoms in total. The molecule has 0 bridgehead atoms. The van der Waals surface area contributed by atoms with Gasteiger partial charge in [-0.15, -0.1) is 11.3 Å². The molecular weight excluding hydrogens is 333 g/mol. The SMILES string of the molecule is NCCc1nc(C(=O)Nc2ccc(F)c(Br)c2)cs1. The van der Waals surface area contributed by atoms with E-state index >= 15 is 0 Å². The van der Waals surface area contributed by atoms with Crippen molar-refractivity contribution in [1.29, 1.82) is 0 Å². The molecule has 0 spiro atoms. The highest BCUT2D eigenvalue weighted by atomic mass is 79.9. The van der Waals surface area contributed by atoms with E-state index in [0.29, 0.717) is 28.8 Å². The van der Waals surface area contributed by atoms with Gasteiger partial charge in [0.1, 0.15) is 11.5 Å². The summed E-state index contributed by atoms with van der Waals surface area (Å²) in [7, 11) is 0. The molecule has 7 heteroatoms. The normalized spacial score (nSPS) is 10.5. The van der Waals surface area contributed by atoms with Gasteiger partial charge in [-0.2, -0.15) is 0 Å². The van der Waals surface area contributed by atoms with Crippen LogP contribution in [0.4, 0.5) is 10.1 Å². The van der Waals surface area contributed by atoms with Gasteiger partial charge >= 0.3 is 0 Å². The summed E-state index contributed by atoms with van der Waals surface area (Å²) in [4.78, 5) is 16.1. The Hall–Kier alpha value is -1.31. The Morgan fingerprint density at radius 1 is 1.53 bits per heavy atom. The summed E-state index contributed by atoms with van der Waals surface area (Å²) in [6, 6.07) is 4.27. The van der Waals surface area contributed by atoms with E-state index in [4.69, 9.17) is 5.73 Å². The molecule has 1 amide bonds. The number of nitrogens with zero attached hydrogens (tertiary/aromatic N) is 1. The largest absolute Gasteiger partial charge is 0.330 e. The van der Waals surface area contributed by atoms with Crippen molar-refractivity contribution in [2.45, 2.75) is 6.42 Å². The Morgan fingerprint density at radius 2 is 2.32 bits per heavy atom. The Morgan fingerprint density at radius 3 is 3.00 bits per heavy atom. The fraction of sp³-hybridized carbons (Fsp3) is 0.167. The molecule has 0 atom stereocenters. The Kier molecular flexibility index (Phi) is 4.62. The van der Waals surface area contributed by atoms with Crippen LogP contribution < -0.4 is 11.1 Å². The molecule has 3 N–H and O–H groups in total. The van der Waals surface area contributed by atoms with Crippen LogP contribution in [0.3, 0.4) is 0 Å². The van der Waals surface area contributed by atoms with Gasteiger partial charge in [-0.1, -0.05) is 0 Å². The van der Waals surface area contributed by atoms with Gasteiger partial charge in [0.25, 0.3) is 5.91 Å². The van der Waals surface area contributed by atoms with E-state index in [1.807, 2.05) is 0 Å². The second-order valence-electron chi connectivity index (χ2n) is 3.75. The first-order chi connectivity index (χ1) is 9.10. The lowest BCUT2D eigenvalue weighted by atomic mass is 10.3. The molecule has 0 saturated heterocycles. The summed E-state index contributed by atoms with van der Waals surface area (Å²) in [5, 5.41) is 5.17. The number of nitrogens with two attached hydrogens (primary N) is 1. The van der Waals surface area contributed by atoms with E-state index in [1.54, 1.807) is 5.38 Å². The van der Waals surface area contributed by atoms with Crippen molar-refractivity contribution in [3.05, 3.63) is 44.6 Å². The predicted octanol–water partition coefficient (Wildman–Crippen LogP) is 2.80. The minimum absolute atomic E-state index is 0.299. The third kappa shape index (κ3) is 3.59. The number of hydrogen-bond donors (Lipinski definition) is 2. The summed E-state index contributed by atoms with van der Waals surface area (Å²) in [6.07, 6.45) is 0.653. The zero-order valence-corrected chi connectivity index (χ0v) is 12.2. The third-order valence-electron chi connectivity index (χ3n) is 2.32. The van der Waals surface area contributed by atoms with Crippen molar-refractivity contribution in [2.24, 2.45) is 5.73 Å². The molecule has 0 fully saturated rings. The first kappa shape index (κ1) is 14.1. The van der Waals surface area contributed by atoms with Gasteiger partial charge in [0.15, 0.2) is 0 Å².